The first-order valence-corrected chi connectivity index (χ1v) is 8.45. The molecule has 0 aliphatic heterocycles. The fraction of sp³-hybridized carbons (Fsp3) is 0.882. The van der Waals surface area contributed by atoms with Crippen molar-refractivity contribution < 1.29 is 21.9 Å². The SMILES string of the molecule is CC(C)(C)C(=O)CC(=O)NCCOCCOCCN.CCCC.[HH].[HH]. The van der Waals surface area contributed by atoms with Gasteiger partial charge in [0.15, 0.2) is 0 Å². The Kier molecular flexibility index (Phi) is 16.8. The summed E-state index contributed by atoms with van der Waals surface area (Å²) in [6.07, 6.45) is 2.56. The summed E-state index contributed by atoms with van der Waals surface area (Å²) in [5.74, 6) is -0.330. The molecule has 3 N–H and O–H groups in total. The summed E-state index contributed by atoms with van der Waals surface area (Å²) in [5, 5.41) is 2.64. The zero-order valence-corrected chi connectivity index (χ0v) is 15.6. The molecule has 0 heterocycles. The molecular formula is C17H40N2O4. The van der Waals surface area contributed by atoms with E-state index in [-0.39, 0.29) is 21.0 Å². The minimum Gasteiger partial charge on any atom is -0.378 e. The molecule has 6 nitrogen and oxygen atoms in total. The first-order chi connectivity index (χ1) is 10.8. The van der Waals surface area contributed by atoms with E-state index >= 15 is 0 Å². The first-order valence-electron chi connectivity index (χ1n) is 8.45. The van der Waals surface area contributed by atoms with Crippen molar-refractivity contribution in [2.45, 2.75) is 53.9 Å². The molecule has 0 bridgehead atoms. The van der Waals surface area contributed by atoms with Crippen LogP contribution < -0.4 is 11.1 Å². The normalized spacial score (nSPS) is 10.7. The number of ether oxygens (including phenoxy) is 2. The number of ketones is 1. The standard InChI is InChI=1S/C13H26N2O4.C4H10.2H2/c1-13(2,3)11(16)10-12(17)15-5-7-19-9-8-18-6-4-14;1-3-4-2;;/h4-10,14H2,1-3H3,(H,15,17);3-4H2,1-2H3;2*1H. The van der Waals surface area contributed by atoms with Gasteiger partial charge >= 0.3 is 0 Å². The molecule has 0 saturated carbocycles. The lowest BCUT2D eigenvalue weighted by Crippen LogP contribution is -2.32. The topological polar surface area (TPSA) is 90.7 Å². The molecule has 0 fully saturated rings. The molecule has 0 spiro atoms. The van der Waals surface area contributed by atoms with Gasteiger partial charge in [-0.3, -0.25) is 9.59 Å². The van der Waals surface area contributed by atoms with Crippen LogP contribution in [0.3, 0.4) is 0 Å². The molecule has 0 rings (SSSR count). The molecule has 23 heavy (non-hydrogen) atoms. The Labute approximate surface area is 144 Å². The van der Waals surface area contributed by atoms with Crippen molar-refractivity contribution in [1.29, 1.82) is 0 Å². The van der Waals surface area contributed by atoms with E-state index < -0.39 is 5.41 Å². The lowest BCUT2D eigenvalue weighted by atomic mass is 9.89. The average Bonchev–Trinajstić information content (AvgIpc) is 2.49. The number of nitrogens with two attached hydrogens (primary N) is 1. The third kappa shape index (κ3) is 19.0. The second-order valence-corrected chi connectivity index (χ2v) is 6.21. The second kappa shape index (κ2) is 15.9. The van der Waals surface area contributed by atoms with Crippen molar-refractivity contribution in [1.82, 2.24) is 5.32 Å². The van der Waals surface area contributed by atoms with Crippen molar-refractivity contribution in [3.05, 3.63) is 0 Å². The molecule has 6 heteroatoms. The summed E-state index contributed by atoms with van der Waals surface area (Å²) in [6.45, 7) is 12.5. The van der Waals surface area contributed by atoms with Crippen LogP contribution in [0.15, 0.2) is 0 Å². The number of hydrogen-bond donors (Lipinski definition) is 2. The van der Waals surface area contributed by atoms with Crippen molar-refractivity contribution in [2.24, 2.45) is 11.1 Å². The molecule has 0 aliphatic carbocycles. The number of amides is 1. The third-order valence-electron chi connectivity index (χ3n) is 2.86. The van der Waals surface area contributed by atoms with Crippen LogP contribution in [0.5, 0.6) is 0 Å². The van der Waals surface area contributed by atoms with Gasteiger partial charge in [-0.25, -0.2) is 0 Å². The number of rotatable bonds is 11. The predicted octanol–water partition coefficient (Wildman–Crippen LogP) is 2.40. The number of hydrogen-bond acceptors (Lipinski definition) is 5. The minimum absolute atomic E-state index is 0. The summed E-state index contributed by atoms with van der Waals surface area (Å²) in [6, 6.07) is 0. The van der Waals surface area contributed by atoms with E-state index in [4.69, 9.17) is 15.2 Å². The van der Waals surface area contributed by atoms with Gasteiger partial charge < -0.3 is 20.5 Å². The number of unbranched alkanes of at least 4 members (excludes halogenated alkanes) is 1. The minimum atomic E-state index is -0.478. The molecule has 0 aromatic heterocycles. The number of carbonyl (C=O) groups is 2. The van der Waals surface area contributed by atoms with E-state index in [2.05, 4.69) is 19.2 Å². The van der Waals surface area contributed by atoms with Gasteiger partial charge in [0.2, 0.25) is 5.91 Å². The highest BCUT2D eigenvalue weighted by atomic mass is 16.5. The average molecular weight is 337 g/mol. The Balaban J connectivity index is -0.000000330. The smallest absolute Gasteiger partial charge is 0.227 e. The summed E-state index contributed by atoms with van der Waals surface area (Å²) >= 11 is 0. The molecule has 0 unspecified atom stereocenters. The fourth-order valence-corrected chi connectivity index (χ4v) is 1.14. The Bertz CT molecular complexity index is 310. The van der Waals surface area contributed by atoms with E-state index in [0.29, 0.717) is 39.5 Å². The maximum absolute atomic E-state index is 11.6. The molecular weight excluding hydrogens is 296 g/mol. The van der Waals surface area contributed by atoms with Crippen molar-refractivity contribution in [2.75, 3.05) is 39.5 Å². The van der Waals surface area contributed by atoms with E-state index in [1.165, 1.54) is 12.8 Å². The summed E-state index contributed by atoms with van der Waals surface area (Å²) < 4.78 is 10.4. The zero-order chi connectivity index (χ0) is 18.1. The third-order valence-corrected chi connectivity index (χ3v) is 2.86. The van der Waals surface area contributed by atoms with Crippen LogP contribution in [0.2, 0.25) is 0 Å². The van der Waals surface area contributed by atoms with Crippen LogP contribution in [-0.2, 0) is 19.1 Å². The van der Waals surface area contributed by atoms with Gasteiger partial charge in [-0.05, 0) is 0 Å². The van der Waals surface area contributed by atoms with Crippen LogP contribution in [0.1, 0.15) is 56.7 Å². The molecule has 142 valence electrons. The summed E-state index contributed by atoms with van der Waals surface area (Å²) in [5.41, 5.74) is 4.78. The molecule has 0 aromatic carbocycles. The van der Waals surface area contributed by atoms with E-state index in [0.717, 1.165) is 0 Å². The van der Waals surface area contributed by atoms with Crippen LogP contribution in [0, 0.1) is 5.41 Å². The highest BCUT2D eigenvalue weighted by Gasteiger charge is 2.23. The Morgan fingerprint density at radius 3 is 1.96 bits per heavy atom. The second-order valence-electron chi connectivity index (χ2n) is 6.21. The zero-order valence-electron chi connectivity index (χ0n) is 15.6. The van der Waals surface area contributed by atoms with Gasteiger partial charge in [0.05, 0.1) is 32.8 Å². The van der Waals surface area contributed by atoms with Crippen LogP contribution in [-0.4, -0.2) is 51.2 Å². The Morgan fingerprint density at radius 2 is 1.52 bits per heavy atom. The van der Waals surface area contributed by atoms with Crippen LogP contribution >= 0.6 is 0 Å². The van der Waals surface area contributed by atoms with E-state index in [1.807, 2.05) is 0 Å². The van der Waals surface area contributed by atoms with Crippen molar-refractivity contribution in [3.8, 4) is 0 Å². The van der Waals surface area contributed by atoms with Gasteiger partial charge in [0.1, 0.15) is 5.78 Å². The highest BCUT2D eigenvalue weighted by molar-refractivity contribution is 6.00. The van der Waals surface area contributed by atoms with E-state index in [1.54, 1.807) is 20.8 Å². The monoisotopic (exact) mass is 336 g/mol. The lowest BCUT2D eigenvalue weighted by molar-refractivity contribution is -0.132. The fourth-order valence-electron chi connectivity index (χ4n) is 1.14. The van der Waals surface area contributed by atoms with Gasteiger partial charge in [-0.1, -0.05) is 47.5 Å². The summed E-state index contributed by atoms with van der Waals surface area (Å²) in [4.78, 5) is 23.0. The van der Waals surface area contributed by atoms with Crippen molar-refractivity contribution in [3.63, 3.8) is 0 Å². The molecule has 0 aliphatic rings. The quantitative estimate of drug-likeness (QED) is 0.446. The largest absolute Gasteiger partial charge is 0.378 e. The molecule has 0 atom stereocenters. The first kappa shape index (κ1) is 24.3. The molecule has 0 aromatic rings. The van der Waals surface area contributed by atoms with Gasteiger partial charge in [0, 0.05) is 21.4 Å². The lowest BCUT2D eigenvalue weighted by Gasteiger charge is -2.16. The predicted molar refractivity (Wildman–Crippen MR) is 97.6 cm³/mol. The number of Topliss-reactive ketones (excluding diaryl/α,β-unsaturated/α-hetero) is 1. The molecule has 1 amide bonds. The Hall–Kier alpha value is -0.980. The van der Waals surface area contributed by atoms with Crippen LogP contribution in [0.4, 0.5) is 0 Å². The molecule has 0 saturated heterocycles. The van der Waals surface area contributed by atoms with E-state index in [9.17, 15) is 9.59 Å². The maximum atomic E-state index is 11.6. The van der Waals surface area contributed by atoms with Gasteiger partial charge in [0.25, 0.3) is 0 Å². The highest BCUT2D eigenvalue weighted by Crippen LogP contribution is 2.16. The van der Waals surface area contributed by atoms with Gasteiger partial charge in [-0.2, -0.15) is 0 Å². The molecule has 0 radical (unpaired) electrons. The number of carbonyl (C=O) groups excluding carboxylic acids is 2. The van der Waals surface area contributed by atoms with Crippen LogP contribution in [0.25, 0.3) is 0 Å². The van der Waals surface area contributed by atoms with Gasteiger partial charge in [-0.15, -0.1) is 0 Å². The maximum Gasteiger partial charge on any atom is 0.227 e. The summed E-state index contributed by atoms with van der Waals surface area (Å²) in [7, 11) is 0. The van der Waals surface area contributed by atoms with Crippen molar-refractivity contribution >= 4 is 11.7 Å². The Morgan fingerprint density at radius 1 is 1.00 bits per heavy atom. The number of nitrogens with one attached hydrogen (secondary N) is 1.